The van der Waals surface area contributed by atoms with Gasteiger partial charge in [0.1, 0.15) is 5.82 Å². The fourth-order valence-corrected chi connectivity index (χ4v) is 3.93. The molecule has 31 heavy (non-hydrogen) atoms. The molecule has 4 aromatic rings. The highest BCUT2D eigenvalue weighted by atomic mass is 32.2. The Kier molecular flexibility index (Phi) is 5.85. The van der Waals surface area contributed by atoms with E-state index in [4.69, 9.17) is 0 Å². The third-order valence-corrected chi connectivity index (χ3v) is 5.73. The average Bonchev–Trinajstić information content (AvgIpc) is 3.35. The first kappa shape index (κ1) is 20.8. The van der Waals surface area contributed by atoms with E-state index in [1.54, 1.807) is 9.36 Å². The summed E-state index contributed by atoms with van der Waals surface area (Å²) in [4.78, 5) is 12.7. The number of para-hydroxylation sites is 1. The van der Waals surface area contributed by atoms with Crippen LogP contribution in [0.4, 0.5) is 5.82 Å². The molecular formula is C22H23N7OS. The molecule has 0 aliphatic rings. The van der Waals surface area contributed by atoms with Crippen LogP contribution in [0.2, 0.25) is 0 Å². The van der Waals surface area contributed by atoms with Gasteiger partial charge in [0.15, 0.2) is 0 Å². The van der Waals surface area contributed by atoms with Crippen molar-refractivity contribution in [2.24, 2.45) is 0 Å². The second-order valence-electron chi connectivity index (χ2n) is 7.37. The van der Waals surface area contributed by atoms with Gasteiger partial charge in [-0.25, -0.2) is 4.68 Å². The van der Waals surface area contributed by atoms with Crippen LogP contribution in [-0.4, -0.2) is 41.6 Å². The van der Waals surface area contributed by atoms with Crippen molar-refractivity contribution in [3.05, 3.63) is 70.9 Å². The number of hydrogen-bond acceptors (Lipinski definition) is 6. The number of thioether (sulfide) groups is 1. The first-order valence-electron chi connectivity index (χ1n) is 9.83. The number of benzene rings is 2. The van der Waals surface area contributed by atoms with Crippen LogP contribution < -0.4 is 5.32 Å². The van der Waals surface area contributed by atoms with Crippen LogP contribution in [0.5, 0.6) is 0 Å². The minimum Gasteiger partial charge on any atom is -0.310 e. The van der Waals surface area contributed by atoms with Crippen LogP contribution >= 0.6 is 11.8 Å². The summed E-state index contributed by atoms with van der Waals surface area (Å²) in [5.41, 5.74) is 5.90. The predicted octanol–water partition coefficient (Wildman–Crippen LogP) is 3.81. The van der Waals surface area contributed by atoms with E-state index >= 15 is 0 Å². The maximum absolute atomic E-state index is 12.7. The maximum Gasteiger partial charge on any atom is 0.236 e. The molecule has 0 fully saturated rings. The molecule has 0 saturated heterocycles. The Morgan fingerprint density at radius 1 is 0.968 bits per heavy atom. The Hall–Kier alpha value is -3.46. The number of nitrogens with zero attached hydrogens (tertiary/aromatic N) is 6. The van der Waals surface area contributed by atoms with E-state index in [1.807, 2.05) is 76.2 Å². The summed E-state index contributed by atoms with van der Waals surface area (Å²) in [5.74, 6) is 0.644. The van der Waals surface area contributed by atoms with Crippen molar-refractivity contribution in [2.75, 3.05) is 11.1 Å². The molecule has 9 heteroatoms. The van der Waals surface area contributed by atoms with Crippen LogP contribution in [0.15, 0.2) is 53.7 Å². The average molecular weight is 434 g/mol. The molecular weight excluding hydrogens is 410 g/mol. The summed E-state index contributed by atoms with van der Waals surface area (Å²) in [5, 5.41) is 20.1. The summed E-state index contributed by atoms with van der Waals surface area (Å²) in [6, 6.07) is 15.9. The number of aromatic nitrogens is 6. The van der Waals surface area contributed by atoms with E-state index in [1.165, 1.54) is 11.8 Å². The van der Waals surface area contributed by atoms with Crippen LogP contribution in [0, 0.1) is 27.7 Å². The molecule has 0 saturated carbocycles. The second-order valence-corrected chi connectivity index (χ2v) is 8.31. The van der Waals surface area contributed by atoms with Crippen LogP contribution in [-0.2, 0) is 4.79 Å². The lowest BCUT2D eigenvalue weighted by Crippen LogP contribution is -2.17. The molecule has 1 N–H and O–H groups in total. The molecule has 0 spiro atoms. The van der Waals surface area contributed by atoms with Gasteiger partial charge >= 0.3 is 0 Å². The minimum atomic E-state index is -0.157. The molecule has 2 aromatic carbocycles. The number of anilines is 1. The Balaban J connectivity index is 1.49. The highest BCUT2D eigenvalue weighted by Gasteiger charge is 2.16. The highest BCUT2D eigenvalue weighted by molar-refractivity contribution is 7.99. The zero-order valence-electron chi connectivity index (χ0n) is 17.8. The SMILES string of the molecule is Cc1ccc(C)c(-n2nnnc2SCC(=O)Nc2cc(C)nn2-c2ccccc2C)c1. The lowest BCUT2D eigenvalue weighted by Gasteiger charge is -2.11. The number of rotatable bonds is 6. The van der Waals surface area contributed by atoms with Crippen molar-refractivity contribution in [1.29, 1.82) is 0 Å². The molecule has 0 aliphatic carbocycles. The van der Waals surface area contributed by atoms with Crippen molar-refractivity contribution < 1.29 is 4.79 Å². The summed E-state index contributed by atoms with van der Waals surface area (Å²) in [6.45, 7) is 7.94. The predicted molar refractivity (Wildman–Crippen MR) is 121 cm³/mol. The number of hydrogen-bond donors (Lipinski definition) is 1. The smallest absolute Gasteiger partial charge is 0.236 e. The van der Waals surface area contributed by atoms with Gasteiger partial charge in [0.25, 0.3) is 0 Å². The fourth-order valence-electron chi connectivity index (χ4n) is 3.25. The first-order chi connectivity index (χ1) is 14.9. The van der Waals surface area contributed by atoms with Crippen molar-refractivity contribution in [3.63, 3.8) is 0 Å². The molecule has 0 unspecified atom stereocenters. The van der Waals surface area contributed by atoms with E-state index < -0.39 is 0 Å². The third kappa shape index (κ3) is 4.51. The van der Waals surface area contributed by atoms with E-state index in [2.05, 4.69) is 25.9 Å². The van der Waals surface area contributed by atoms with Gasteiger partial charge in [0.05, 0.1) is 22.8 Å². The van der Waals surface area contributed by atoms with Crippen LogP contribution in [0.3, 0.4) is 0 Å². The molecule has 0 bridgehead atoms. The summed E-state index contributed by atoms with van der Waals surface area (Å²) in [7, 11) is 0. The summed E-state index contributed by atoms with van der Waals surface area (Å²) < 4.78 is 3.43. The van der Waals surface area contributed by atoms with Crippen molar-refractivity contribution in [2.45, 2.75) is 32.9 Å². The topological polar surface area (TPSA) is 90.5 Å². The van der Waals surface area contributed by atoms with E-state index in [0.717, 1.165) is 33.8 Å². The maximum atomic E-state index is 12.7. The molecule has 4 rings (SSSR count). The number of nitrogens with one attached hydrogen (secondary N) is 1. The van der Waals surface area contributed by atoms with Gasteiger partial charge in [-0.3, -0.25) is 4.79 Å². The number of aryl methyl sites for hydroxylation is 4. The largest absolute Gasteiger partial charge is 0.310 e. The standard InChI is InChI=1S/C22H23N7OS/c1-14-9-10-16(3)19(11-14)29-22(24-26-27-29)31-13-21(30)23-20-12-17(4)25-28(20)18-8-6-5-7-15(18)2/h5-12H,13H2,1-4H3,(H,23,30). The molecule has 0 atom stereocenters. The Morgan fingerprint density at radius 2 is 1.74 bits per heavy atom. The molecule has 0 radical (unpaired) electrons. The number of amides is 1. The third-order valence-electron chi connectivity index (χ3n) is 4.81. The Bertz CT molecular complexity index is 1240. The second kappa shape index (κ2) is 8.73. The van der Waals surface area contributed by atoms with E-state index in [9.17, 15) is 4.79 Å². The Morgan fingerprint density at radius 3 is 2.55 bits per heavy atom. The quantitative estimate of drug-likeness (QED) is 0.465. The van der Waals surface area contributed by atoms with Crippen LogP contribution in [0.1, 0.15) is 22.4 Å². The first-order valence-corrected chi connectivity index (χ1v) is 10.8. The molecule has 1 amide bonds. The number of tetrazole rings is 1. The molecule has 0 aliphatic heterocycles. The molecule has 158 valence electrons. The van der Waals surface area contributed by atoms with Gasteiger partial charge in [0.2, 0.25) is 11.1 Å². The zero-order valence-corrected chi connectivity index (χ0v) is 18.6. The summed E-state index contributed by atoms with van der Waals surface area (Å²) in [6.07, 6.45) is 0. The van der Waals surface area contributed by atoms with Gasteiger partial charge in [-0.15, -0.1) is 5.10 Å². The van der Waals surface area contributed by atoms with Crippen molar-refractivity contribution in [1.82, 2.24) is 30.0 Å². The molecule has 2 aromatic heterocycles. The Labute approximate surface area is 184 Å². The van der Waals surface area contributed by atoms with Crippen molar-refractivity contribution >= 4 is 23.5 Å². The lowest BCUT2D eigenvalue weighted by molar-refractivity contribution is -0.113. The van der Waals surface area contributed by atoms with Gasteiger partial charge < -0.3 is 5.32 Å². The van der Waals surface area contributed by atoms with Gasteiger partial charge in [0, 0.05) is 6.07 Å². The normalized spacial score (nSPS) is 11.0. The zero-order chi connectivity index (χ0) is 22.0. The summed E-state index contributed by atoms with van der Waals surface area (Å²) >= 11 is 1.29. The van der Waals surface area contributed by atoms with Gasteiger partial charge in [-0.1, -0.05) is 42.1 Å². The van der Waals surface area contributed by atoms with Crippen LogP contribution in [0.25, 0.3) is 11.4 Å². The van der Waals surface area contributed by atoms with Gasteiger partial charge in [-0.2, -0.15) is 9.78 Å². The van der Waals surface area contributed by atoms with E-state index in [-0.39, 0.29) is 11.7 Å². The lowest BCUT2D eigenvalue weighted by atomic mass is 10.1. The number of carbonyl (C=O) groups excluding carboxylic acids is 1. The minimum absolute atomic E-state index is 0.157. The van der Waals surface area contributed by atoms with Crippen molar-refractivity contribution in [3.8, 4) is 11.4 Å². The number of carbonyl (C=O) groups is 1. The molecule has 8 nitrogen and oxygen atoms in total. The van der Waals surface area contributed by atoms with E-state index in [0.29, 0.717) is 11.0 Å². The van der Waals surface area contributed by atoms with Gasteiger partial charge in [-0.05, 0) is 66.9 Å². The molecule has 2 heterocycles. The highest BCUT2D eigenvalue weighted by Crippen LogP contribution is 2.23. The fraction of sp³-hybridized carbons (Fsp3) is 0.227. The monoisotopic (exact) mass is 433 g/mol.